The SMILES string of the molecule is COC1CN(C(=O)N[C@@H](CC(N)=O)C(=O)O)CC1OC. The van der Waals surface area contributed by atoms with E-state index in [1.54, 1.807) is 0 Å². The van der Waals surface area contributed by atoms with Crippen LogP contribution in [0, 0.1) is 0 Å². The zero-order chi connectivity index (χ0) is 15.3. The summed E-state index contributed by atoms with van der Waals surface area (Å²) in [5.74, 6) is -2.12. The Bertz CT molecular complexity index is 376. The van der Waals surface area contributed by atoms with Gasteiger partial charge in [0.05, 0.1) is 19.5 Å². The second-order valence-corrected chi connectivity index (χ2v) is 4.46. The lowest BCUT2D eigenvalue weighted by atomic mass is 10.2. The fourth-order valence-electron chi connectivity index (χ4n) is 2.00. The molecule has 114 valence electrons. The Kier molecular flexibility index (Phi) is 5.71. The molecule has 3 amide bonds. The van der Waals surface area contributed by atoms with E-state index in [4.69, 9.17) is 20.3 Å². The van der Waals surface area contributed by atoms with Crippen molar-refractivity contribution in [2.45, 2.75) is 24.7 Å². The molecule has 4 N–H and O–H groups in total. The fourth-order valence-corrected chi connectivity index (χ4v) is 2.00. The summed E-state index contributed by atoms with van der Waals surface area (Å²) in [5.41, 5.74) is 4.94. The van der Waals surface area contributed by atoms with Crippen molar-refractivity contribution in [1.29, 1.82) is 0 Å². The third-order valence-corrected chi connectivity index (χ3v) is 3.11. The minimum absolute atomic E-state index is 0.273. The normalized spacial score (nSPS) is 23.4. The lowest BCUT2D eigenvalue weighted by Crippen LogP contribution is -2.49. The number of carboxylic acid groups (broad SMARTS) is 1. The maximum atomic E-state index is 12.0. The molecule has 0 saturated carbocycles. The van der Waals surface area contributed by atoms with Crippen LogP contribution in [0.25, 0.3) is 0 Å². The molecule has 0 aromatic rings. The molecule has 1 saturated heterocycles. The molecule has 0 aliphatic carbocycles. The molecule has 1 aliphatic heterocycles. The van der Waals surface area contributed by atoms with E-state index >= 15 is 0 Å². The Labute approximate surface area is 116 Å². The Balaban J connectivity index is 2.61. The molecule has 0 bridgehead atoms. The number of carbonyl (C=O) groups excluding carboxylic acids is 2. The predicted molar refractivity (Wildman–Crippen MR) is 66.9 cm³/mol. The molecule has 3 atom stereocenters. The lowest BCUT2D eigenvalue weighted by Gasteiger charge is -2.20. The summed E-state index contributed by atoms with van der Waals surface area (Å²) in [7, 11) is 3.01. The first kappa shape index (κ1) is 16.2. The highest BCUT2D eigenvalue weighted by Gasteiger charge is 2.36. The van der Waals surface area contributed by atoms with Gasteiger partial charge >= 0.3 is 12.0 Å². The zero-order valence-electron chi connectivity index (χ0n) is 11.4. The average molecular weight is 289 g/mol. The molecule has 0 aromatic carbocycles. The standard InChI is InChI=1S/C11H19N3O6/c1-19-7-4-14(5-8(7)20-2)11(18)13-6(10(16)17)3-9(12)15/h6-8H,3-5H2,1-2H3,(H2,12,15)(H,13,18)(H,16,17)/t6-,7?,8?/m0/s1. The van der Waals surface area contributed by atoms with Crippen LogP contribution in [0.4, 0.5) is 4.79 Å². The number of aliphatic carboxylic acids is 1. The van der Waals surface area contributed by atoms with Crippen LogP contribution in [0.3, 0.4) is 0 Å². The molecular weight excluding hydrogens is 270 g/mol. The topological polar surface area (TPSA) is 131 Å². The Hall–Kier alpha value is -1.87. The molecule has 20 heavy (non-hydrogen) atoms. The number of amides is 3. The van der Waals surface area contributed by atoms with Gasteiger partial charge in [-0.05, 0) is 0 Å². The Morgan fingerprint density at radius 3 is 2.15 bits per heavy atom. The highest BCUT2D eigenvalue weighted by atomic mass is 16.5. The number of nitrogens with zero attached hydrogens (tertiary/aromatic N) is 1. The summed E-state index contributed by atoms with van der Waals surface area (Å²) in [6.07, 6.45) is -1.01. The van der Waals surface area contributed by atoms with E-state index in [-0.39, 0.29) is 25.3 Å². The predicted octanol–water partition coefficient (Wildman–Crippen LogP) is -1.63. The van der Waals surface area contributed by atoms with Crippen LogP contribution in [-0.4, -0.2) is 73.5 Å². The summed E-state index contributed by atoms with van der Waals surface area (Å²) in [4.78, 5) is 35.0. The van der Waals surface area contributed by atoms with Crippen molar-refractivity contribution in [3.05, 3.63) is 0 Å². The minimum atomic E-state index is -1.34. The maximum absolute atomic E-state index is 12.0. The number of primary amides is 1. The van der Waals surface area contributed by atoms with Crippen LogP contribution in [-0.2, 0) is 19.1 Å². The highest BCUT2D eigenvalue weighted by molar-refractivity contribution is 5.87. The number of carboxylic acids is 1. The summed E-state index contributed by atoms with van der Waals surface area (Å²) < 4.78 is 10.3. The van der Waals surface area contributed by atoms with Crippen molar-refractivity contribution in [2.75, 3.05) is 27.3 Å². The Morgan fingerprint density at radius 1 is 1.30 bits per heavy atom. The van der Waals surface area contributed by atoms with Gasteiger partial charge in [-0.15, -0.1) is 0 Å². The number of carbonyl (C=O) groups is 3. The van der Waals surface area contributed by atoms with Gasteiger partial charge in [0.1, 0.15) is 18.2 Å². The largest absolute Gasteiger partial charge is 0.480 e. The second-order valence-electron chi connectivity index (χ2n) is 4.46. The smallest absolute Gasteiger partial charge is 0.326 e. The van der Waals surface area contributed by atoms with Crippen LogP contribution >= 0.6 is 0 Å². The van der Waals surface area contributed by atoms with E-state index in [0.717, 1.165) is 0 Å². The van der Waals surface area contributed by atoms with Crippen molar-refractivity contribution in [2.24, 2.45) is 5.73 Å². The average Bonchev–Trinajstić information content (AvgIpc) is 2.80. The fraction of sp³-hybridized carbons (Fsp3) is 0.727. The molecular formula is C11H19N3O6. The van der Waals surface area contributed by atoms with Crippen LogP contribution in [0.1, 0.15) is 6.42 Å². The van der Waals surface area contributed by atoms with E-state index in [2.05, 4.69) is 5.32 Å². The molecule has 0 radical (unpaired) electrons. The number of ether oxygens (including phenoxy) is 2. The number of urea groups is 1. The lowest BCUT2D eigenvalue weighted by molar-refractivity contribution is -0.140. The van der Waals surface area contributed by atoms with Gasteiger partial charge in [0, 0.05) is 14.2 Å². The Morgan fingerprint density at radius 2 is 1.80 bits per heavy atom. The van der Waals surface area contributed by atoms with Gasteiger partial charge in [-0.1, -0.05) is 0 Å². The third kappa shape index (κ3) is 4.07. The summed E-state index contributed by atoms with van der Waals surface area (Å²) in [6, 6.07) is -1.94. The molecule has 1 heterocycles. The quantitative estimate of drug-likeness (QED) is 0.538. The highest BCUT2D eigenvalue weighted by Crippen LogP contribution is 2.15. The van der Waals surface area contributed by atoms with Crippen molar-refractivity contribution < 1.29 is 29.0 Å². The van der Waals surface area contributed by atoms with Gasteiger partial charge in [-0.2, -0.15) is 0 Å². The van der Waals surface area contributed by atoms with Crippen LogP contribution in [0.5, 0.6) is 0 Å². The number of hydrogen-bond acceptors (Lipinski definition) is 5. The van der Waals surface area contributed by atoms with E-state index in [1.165, 1.54) is 19.1 Å². The minimum Gasteiger partial charge on any atom is -0.480 e. The van der Waals surface area contributed by atoms with E-state index in [0.29, 0.717) is 0 Å². The molecule has 1 fully saturated rings. The zero-order valence-corrected chi connectivity index (χ0v) is 11.4. The van der Waals surface area contributed by atoms with Crippen LogP contribution in [0.2, 0.25) is 0 Å². The number of nitrogens with two attached hydrogens (primary N) is 1. The second kappa shape index (κ2) is 7.06. The first-order chi connectivity index (χ1) is 9.38. The van der Waals surface area contributed by atoms with Crippen molar-refractivity contribution >= 4 is 17.9 Å². The number of hydrogen-bond donors (Lipinski definition) is 3. The summed E-state index contributed by atoms with van der Waals surface area (Å²) >= 11 is 0. The van der Waals surface area contributed by atoms with Gasteiger partial charge in [-0.25, -0.2) is 9.59 Å². The van der Waals surface area contributed by atoms with Crippen molar-refractivity contribution in [3.63, 3.8) is 0 Å². The molecule has 1 aliphatic rings. The monoisotopic (exact) mass is 289 g/mol. The maximum Gasteiger partial charge on any atom is 0.326 e. The first-order valence-electron chi connectivity index (χ1n) is 6.01. The molecule has 1 rings (SSSR count). The number of rotatable bonds is 6. The number of nitrogens with one attached hydrogen (secondary N) is 1. The first-order valence-corrected chi connectivity index (χ1v) is 6.01. The molecule has 0 aromatic heterocycles. The van der Waals surface area contributed by atoms with Gasteiger partial charge in [0.25, 0.3) is 0 Å². The van der Waals surface area contributed by atoms with Crippen LogP contribution < -0.4 is 11.1 Å². The van der Waals surface area contributed by atoms with Crippen LogP contribution in [0.15, 0.2) is 0 Å². The summed E-state index contributed by atoms with van der Waals surface area (Å²) in [6.45, 7) is 0.563. The molecule has 9 heteroatoms. The third-order valence-electron chi connectivity index (χ3n) is 3.11. The molecule has 0 spiro atoms. The van der Waals surface area contributed by atoms with Crippen molar-refractivity contribution in [3.8, 4) is 0 Å². The van der Waals surface area contributed by atoms with E-state index in [1.807, 2.05) is 0 Å². The van der Waals surface area contributed by atoms with Gasteiger partial charge in [-0.3, -0.25) is 4.79 Å². The summed E-state index contributed by atoms with van der Waals surface area (Å²) in [5, 5.41) is 11.2. The van der Waals surface area contributed by atoms with Crippen molar-refractivity contribution in [1.82, 2.24) is 10.2 Å². The number of methoxy groups -OCH3 is 2. The van der Waals surface area contributed by atoms with E-state index in [9.17, 15) is 14.4 Å². The van der Waals surface area contributed by atoms with Gasteiger partial charge in [0.15, 0.2) is 0 Å². The van der Waals surface area contributed by atoms with Gasteiger partial charge in [0.2, 0.25) is 5.91 Å². The number of likely N-dealkylation sites (tertiary alicyclic amines) is 1. The van der Waals surface area contributed by atoms with E-state index < -0.39 is 30.4 Å². The van der Waals surface area contributed by atoms with Gasteiger partial charge < -0.3 is 30.5 Å². The molecule has 2 unspecified atom stereocenters. The molecule has 9 nitrogen and oxygen atoms in total.